The van der Waals surface area contributed by atoms with Crippen LogP contribution in [0.25, 0.3) is 133 Å². The van der Waals surface area contributed by atoms with Gasteiger partial charge in [-0.25, -0.2) is 9.97 Å². The molecule has 2 heterocycles. The second-order valence-electron chi connectivity index (χ2n) is 18.0. The highest BCUT2D eigenvalue weighted by Gasteiger charge is 2.23. The van der Waals surface area contributed by atoms with E-state index in [1.54, 1.807) is 0 Å². The van der Waals surface area contributed by atoms with Crippen molar-refractivity contribution in [2.75, 3.05) is 0 Å². The lowest BCUT2D eigenvalue weighted by Gasteiger charge is -2.22. The van der Waals surface area contributed by atoms with E-state index in [0.717, 1.165) is 67.3 Å². The van der Waals surface area contributed by atoms with Gasteiger partial charge in [0, 0.05) is 22.5 Å². The van der Waals surface area contributed by atoms with Gasteiger partial charge in [0.15, 0.2) is 0 Å². The van der Waals surface area contributed by atoms with E-state index in [9.17, 15) is 0 Å². The molecule has 2 aromatic heterocycles. The number of fused-ring (bicyclic) bond motifs is 6. The van der Waals surface area contributed by atoms with E-state index in [2.05, 4.69) is 264 Å². The maximum Gasteiger partial charge on any atom is 0.145 e. The third kappa shape index (κ3) is 6.24. The number of aromatic nitrogens is 4. The maximum atomic E-state index is 5.18. The lowest BCUT2D eigenvalue weighted by Crippen LogP contribution is -1.97. The van der Waals surface area contributed by atoms with Crippen molar-refractivity contribution in [1.82, 2.24) is 19.1 Å². The summed E-state index contributed by atoms with van der Waals surface area (Å²) in [6, 6.07) is 91.8. The average molecular weight is 891 g/mol. The minimum atomic E-state index is 0.922. The summed E-state index contributed by atoms with van der Waals surface area (Å²) in [6.45, 7) is 0. The van der Waals surface area contributed by atoms with Crippen LogP contribution in [0.5, 0.6) is 0 Å². The Morgan fingerprint density at radius 2 is 0.471 bits per heavy atom. The van der Waals surface area contributed by atoms with E-state index in [0.29, 0.717) is 0 Å². The molecule has 14 rings (SSSR count). The van der Waals surface area contributed by atoms with Crippen LogP contribution in [0.1, 0.15) is 0 Å². The molecule has 0 radical (unpaired) electrons. The molecule has 0 saturated heterocycles. The Hall–Kier alpha value is -9.38. The fraction of sp³-hybridized carbons (Fsp3) is 0. The van der Waals surface area contributed by atoms with E-state index in [-0.39, 0.29) is 0 Å². The first-order valence-electron chi connectivity index (χ1n) is 23.9. The van der Waals surface area contributed by atoms with Crippen molar-refractivity contribution in [3.05, 3.63) is 255 Å². The zero-order valence-electron chi connectivity index (χ0n) is 38.0. The molecule has 0 N–H and O–H groups in total. The van der Waals surface area contributed by atoms with Crippen LogP contribution in [0.2, 0.25) is 0 Å². The highest BCUT2D eigenvalue weighted by atomic mass is 15.1. The number of para-hydroxylation sites is 6. The largest absolute Gasteiger partial charge is 0.292 e. The zero-order valence-corrected chi connectivity index (χ0v) is 38.0. The van der Waals surface area contributed by atoms with Gasteiger partial charge in [0.25, 0.3) is 0 Å². The zero-order chi connectivity index (χ0) is 46.1. The molecule has 0 spiro atoms. The van der Waals surface area contributed by atoms with Gasteiger partial charge < -0.3 is 0 Å². The summed E-state index contributed by atoms with van der Waals surface area (Å²) in [6.07, 6.45) is 0. The molecule has 0 aliphatic heterocycles. The van der Waals surface area contributed by atoms with E-state index in [4.69, 9.17) is 9.97 Å². The molecule has 0 aliphatic carbocycles. The van der Waals surface area contributed by atoms with Crippen molar-refractivity contribution >= 4 is 65.2 Å². The maximum absolute atomic E-state index is 5.18. The molecule has 4 heteroatoms. The number of hydrogen-bond acceptors (Lipinski definition) is 2. The van der Waals surface area contributed by atoms with Crippen LogP contribution in [0.15, 0.2) is 255 Å². The Morgan fingerprint density at radius 3 is 0.800 bits per heavy atom. The number of nitrogens with zero attached hydrogens (tertiary/aromatic N) is 4. The normalized spacial score (nSPS) is 11.7. The highest BCUT2D eigenvalue weighted by Crippen LogP contribution is 2.50. The van der Waals surface area contributed by atoms with Crippen molar-refractivity contribution in [2.45, 2.75) is 0 Å². The minimum Gasteiger partial charge on any atom is -0.292 e. The summed E-state index contributed by atoms with van der Waals surface area (Å²) in [5.74, 6) is 1.84. The van der Waals surface area contributed by atoms with E-state index >= 15 is 0 Å². The third-order valence-corrected chi connectivity index (χ3v) is 14.1. The Kier molecular flexibility index (Phi) is 9.17. The molecule has 0 unspecified atom stereocenters. The van der Waals surface area contributed by atoms with E-state index in [1.807, 2.05) is 0 Å². The first-order valence-corrected chi connectivity index (χ1v) is 23.9. The van der Waals surface area contributed by atoms with Crippen molar-refractivity contribution in [3.63, 3.8) is 0 Å². The van der Waals surface area contributed by atoms with Crippen molar-refractivity contribution in [2.24, 2.45) is 0 Å². The number of imidazole rings is 2. The summed E-state index contributed by atoms with van der Waals surface area (Å²) < 4.78 is 4.53. The molecular weight excluding hydrogens is 849 g/mol. The van der Waals surface area contributed by atoms with E-state index in [1.165, 1.54) is 65.3 Å². The molecule has 14 aromatic rings. The van der Waals surface area contributed by atoms with Gasteiger partial charge in [0.05, 0.1) is 22.1 Å². The molecule has 0 fully saturated rings. The van der Waals surface area contributed by atoms with Gasteiger partial charge in [0.2, 0.25) is 0 Å². The molecule has 0 atom stereocenters. The molecule has 70 heavy (non-hydrogen) atoms. The predicted molar refractivity (Wildman–Crippen MR) is 293 cm³/mol. The molecule has 0 bridgehead atoms. The van der Waals surface area contributed by atoms with Crippen molar-refractivity contribution < 1.29 is 0 Å². The lowest BCUT2D eigenvalue weighted by molar-refractivity contribution is 1.10. The molecule has 0 aliphatic rings. The molecular formula is C66H42N4. The third-order valence-electron chi connectivity index (χ3n) is 14.1. The van der Waals surface area contributed by atoms with Gasteiger partial charge in [0.1, 0.15) is 11.6 Å². The van der Waals surface area contributed by atoms with Crippen LogP contribution >= 0.6 is 0 Å². The smallest absolute Gasteiger partial charge is 0.145 e. The second-order valence-corrected chi connectivity index (χ2v) is 18.0. The number of rotatable bonds is 7. The van der Waals surface area contributed by atoms with Crippen LogP contribution in [0, 0.1) is 0 Å². The Morgan fingerprint density at radius 1 is 0.214 bits per heavy atom. The molecule has 326 valence electrons. The van der Waals surface area contributed by atoms with Gasteiger partial charge in [-0.3, -0.25) is 9.13 Å². The number of benzene rings is 12. The van der Waals surface area contributed by atoms with E-state index < -0.39 is 0 Å². The summed E-state index contributed by atoms with van der Waals surface area (Å²) in [5, 5.41) is 9.76. The van der Waals surface area contributed by atoms with Crippen LogP contribution < -0.4 is 0 Å². The monoisotopic (exact) mass is 890 g/mol. The Labute approximate surface area is 404 Å². The average Bonchev–Trinajstić information content (AvgIpc) is 4.02. The summed E-state index contributed by atoms with van der Waals surface area (Å²) >= 11 is 0. The summed E-state index contributed by atoms with van der Waals surface area (Å²) in [5.41, 5.74) is 15.7. The van der Waals surface area contributed by atoms with Gasteiger partial charge in [-0.05, 0) is 125 Å². The van der Waals surface area contributed by atoms with Crippen LogP contribution in [-0.4, -0.2) is 19.1 Å². The molecule has 12 aromatic carbocycles. The summed E-state index contributed by atoms with van der Waals surface area (Å²) in [4.78, 5) is 10.4. The highest BCUT2D eigenvalue weighted by molar-refractivity contribution is 6.30. The first kappa shape index (κ1) is 39.8. The fourth-order valence-electron chi connectivity index (χ4n) is 11.1. The second kappa shape index (κ2) is 16.2. The molecule has 0 saturated carbocycles. The fourth-order valence-corrected chi connectivity index (χ4v) is 11.1. The molecule has 0 amide bonds. The first-order chi connectivity index (χ1) is 34.8. The van der Waals surface area contributed by atoms with Gasteiger partial charge in [-0.1, -0.05) is 206 Å². The van der Waals surface area contributed by atoms with Gasteiger partial charge >= 0.3 is 0 Å². The topological polar surface area (TPSA) is 35.6 Å². The van der Waals surface area contributed by atoms with Crippen molar-refractivity contribution in [1.29, 1.82) is 0 Å². The Balaban J connectivity index is 0.941. The SMILES string of the molecule is c1ccc(-n2c(-c3ccc(-c4c5ccccc5c(-c5c6ccccc6c(-c6ccc(-c7nc8ccccc8n7-c7ccccc7)cc6)c6ccccc56)c5ccccc45)cc3)nc3ccccc32)cc1. The number of hydrogen-bond donors (Lipinski definition) is 0. The van der Waals surface area contributed by atoms with Crippen LogP contribution in [0.3, 0.4) is 0 Å². The lowest BCUT2D eigenvalue weighted by atomic mass is 9.81. The standard InChI is InChI=1S/C66H42N4/c1-3-19-47(20-4-1)69-59-33-17-15-31-57(59)67-65(69)45-39-35-43(36-40-45)61-49-23-7-11-27-53(49)63(54-28-12-8-24-50(54)61)64-55-29-13-9-25-51(55)62(52-26-10-14-30-56(52)64)44-37-41-46(42-38-44)66-68-58-32-16-18-34-60(58)70(66)48-21-5-2-6-22-48/h1-42H. The summed E-state index contributed by atoms with van der Waals surface area (Å²) in [7, 11) is 0. The Bertz CT molecular complexity index is 3920. The predicted octanol–water partition coefficient (Wildman–Crippen LogP) is 17.3. The van der Waals surface area contributed by atoms with Gasteiger partial charge in [-0.2, -0.15) is 0 Å². The quantitative estimate of drug-likeness (QED) is 0.149. The minimum absolute atomic E-state index is 0.922. The molecule has 4 nitrogen and oxygen atoms in total. The van der Waals surface area contributed by atoms with Gasteiger partial charge in [-0.15, -0.1) is 0 Å². The van der Waals surface area contributed by atoms with Crippen LogP contribution in [0.4, 0.5) is 0 Å². The van der Waals surface area contributed by atoms with Crippen molar-refractivity contribution in [3.8, 4) is 67.5 Å². The van der Waals surface area contributed by atoms with Crippen LogP contribution in [-0.2, 0) is 0 Å².